The SMILES string of the molecule is CN1CCC(C)(CNC(=O)CCNC2CC2)CC1. The van der Waals surface area contributed by atoms with Crippen molar-refractivity contribution in [2.24, 2.45) is 5.41 Å². The molecule has 0 atom stereocenters. The monoisotopic (exact) mass is 253 g/mol. The van der Waals surface area contributed by atoms with Crippen LogP contribution in [0.1, 0.15) is 39.0 Å². The van der Waals surface area contributed by atoms with Crippen LogP contribution in [-0.2, 0) is 4.79 Å². The van der Waals surface area contributed by atoms with E-state index >= 15 is 0 Å². The van der Waals surface area contributed by atoms with Gasteiger partial charge in [-0.1, -0.05) is 6.92 Å². The van der Waals surface area contributed by atoms with Crippen molar-refractivity contribution in [3.05, 3.63) is 0 Å². The zero-order valence-corrected chi connectivity index (χ0v) is 11.8. The van der Waals surface area contributed by atoms with Gasteiger partial charge >= 0.3 is 0 Å². The molecule has 1 heterocycles. The van der Waals surface area contributed by atoms with E-state index in [0.29, 0.717) is 17.9 Å². The highest BCUT2D eigenvalue weighted by atomic mass is 16.1. The number of nitrogens with one attached hydrogen (secondary N) is 2. The lowest BCUT2D eigenvalue weighted by Gasteiger charge is -2.37. The predicted molar refractivity (Wildman–Crippen MR) is 73.5 cm³/mol. The van der Waals surface area contributed by atoms with E-state index in [1.54, 1.807) is 0 Å². The van der Waals surface area contributed by atoms with Gasteiger partial charge in [0.15, 0.2) is 0 Å². The summed E-state index contributed by atoms with van der Waals surface area (Å²) in [4.78, 5) is 14.1. The molecule has 1 saturated carbocycles. The third-order valence-corrected chi connectivity index (χ3v) is 4.27. The zero-order valence-electron chi connectivity index (χ0n) is 11.8. The Morgan fingerprint density at radius 2 is 2.00 bits per heavy atom. The Morgan fingerprint density at radius 1 is 1.33 bits per heavy atom. The van der Waals surface area contributed by atoms with Gasteiger partial charge in [-0.25, -0.2) is 0 Å². The number of hydrogen-bond acceptors (Lipinski definition) is 3. The molecule has 104 valence electrons. The number of hydrogen-bond donors (Lipinski definition) is 2. The van der Waals surface area contributed by atoms with Crippen LogP contribution in [0.3, 0.4) is 0 Å². The van der Waals surface area contributed by atoms with Gasteiger partial charge in [0.25, 0.3) is 0 Å². The molecule has 4 heteroatoms. The summed E-state index contributed by atoms with van der Waals surface area (Å²) in [6.07, 6.45) is 5.56. The van der Waals surface area contributed by atoms with Crippen LogP contribution < -0.4 is 10.6 Å². The topological polar surface area (TPSA) is 44.4 Å². The molecular weight excluding hydrogens is 226 g/mol. The summed E-state index contributed by atoms with van der Waals surface area (Å²) in [7, 11) is 2.17. The Labute approximate surface area is 110 Å². The van der Waals surface area contributed by atoms with Crippen molar-refractivity contribution < 1.29 is 4.79 Å². The molecule has 0 aromatic rings. The maximum atomic E-state index is 11.7. The molecular formula is C14H27N3O. The molecule has 0 radical (unpaired) electrons. The first-order valence-electron chi connectivity index (χ1n) is 7.26. The van der Waals surface area contributed by atoms with Crippen LogP contribution in [0.4, 0.5) is 0 Å². The molecule has 0 spiro atoms. The van der Waals surface area contributed by atoms with Gasteiger partial charge in [0.1, 0.15) is 0 Å². The average Bonchev–Trinajstić information content (AvgIpc) is 3.15. The second-order valence-corrected chi connectivity index (χ2v) is 6.37. The largest absolute Gasteiger partial charge is 0.356 e. The van der Waals surface area contributed by atoms with Crippen LogP contribution in [0.2, 0.25) is 0 Å². The predicted octanol–water partition coefficient (Wildman–Crippen LogP) is 0.977. The van der Waals surface area contributed by atoms with E-state index in [9.17, 15) is 4.79 Å². The molecule has 2 aliphatic rings. The van der Waals surface area contributed by atoms with Crippen molar-refractivity contribution in [3.63, 3.8) is 0 Å². The highest BCUT2D eigenvalue weighted by molar-refractivity contribution is 5.76. The number of amides is 1. The highest BCUT2D eigenvalue weighted by Gasteiger charge is 2.29. The quantitative estimate of drug-likeness (QED) is 0.741. The Balaban J connectivity index is 1.58. The van der Waals surface area contributed by atoms with E-state index < -0.39 is 0 Å². The van der Waals surface area contributed by atoms with Crippen LogP contribution in [0.15, 0.2) is 0 Å². The van der Waals surface area contributed by atoms with Gasteiger partial charge < -0.3 is 15.5 Å². The first-order chi connectivity index (χ1) is 8.57. The molecule has 2 fully saturated rings. The summed E-state index contributed by atoms with van der Waals surface area (Å²) in [5.74, 6) is 0.198. The maximum Gasteiger partial charge on any atom is 0.221 e. The summed E-state index contributed by atoms with van der Waals surface area (Å²) in [6.45, 7) is 6.26. The third-order valence-electron chi connectivity index (χ3n) is 4.27. The lowest BCUT2D eigenvalue weighted by atomic mass is 9.80. The summed E-state index contributed by atoms with van der Waals surface area (Å²) in [6, 6.07) is 0.698. The maximum absolute atomic E-state index is 11.7. The molecule has 1 aliphatic carbocycles. The number of rotatable bonds is 6. The highest BCUT2D eigenvalue weighted by Crippen LogP contribution is 2.29. The zero-order chi connectivity index (χ0) is 13.0. The first kappa shape index (κ1) is 13.8. The fourth-order valence-corrected chi connectivity index (χ4v) is 2.41. The first-order valence-corrected chi connectivity index (χ1v) is 7.26. The fourth-order valence-electron chi connectivity index (χ4n) is 2.41. The minimum absolute atomic E-state index is 0.198. The number of carbonyl (C=O) groups excluding carboxylic acids is 1. The molecule has 1 saturated heterocycles. The molecule has 0 bridgehead atoms. The van der Waals surface area contributed by atoms with E-state index in [0.717, 1.165) is 26.2 Å². The molecule has 0 unspecified atom stereocenters. The van der Waals surface area contributed by atoms with Crippen LogP contribution in [0.5, 0.6) is 0 Å². The standard InChI is InChI=1S/C14H27N3O/c1-14(6-9-17(2)10-7-14)11-16-13(18)5-8-15-12-3-4-12/h12,15H,3-11H2,1-2H3,(H,16,18). The van der Waals surface area contributed by atoms with E-state index in [-0.39, 0.29) is 5.91 Å². The minimum Gasteiger partial charge on any atom is -0.356 e. The van der Waals surface area contributed by atoms with E-state index in [1.165, 1.54) is 25.7 Å². The smallest absolute Gasteiger partial charge is 0.221 e. The summed E-state index contributed by atoms with van der Waals surface area (Å²) in [5, 5.41) is 6.48. The van der Waals surface area contributed by atoms with Gasteiger partial charge in [0.05, 0.1) is 0 Å². The van der Waals surface area contributed by atoms with Crippen molar-refractivity contribution in [3.8, 4) is 0 Å². The van der Waals surface area contributed by atoms with Gasteiger partial charge in [-0.15, -0.1) is 0 Å². The summed E-state index contributed by atoms with van der Waals surface area (Å²) >= 11 is 0. The molecule has 2 N–H and O–H groups in total. The minimum atomic E-state index is 0.198. The molecule has 1 amide bonds. The van der Waals surface area contributed by atoms with Crippen LogP contribution in [0.25, 0.3) is 0 Å². The van der Waals surface area contributed by atoms with E-state index in [4.69, 9.17) is 0 Å². The number of likely N-dealkylation sites (tertiary alicyclic amines) is 1. The van der Waals surface area contributed by atoms with Gasteiger partial charge in [0, 0.05) is 25.6 Å². The second-order valence-electron chi connectivity index (χ2n) is 6.37. The van der Waals surface area contributed by atoms with Crippen molar-refractivity contribution in [1.29, 1.82) is 0 Å². The molecule has 0 aromatic heterocycles. The molecule has 0 aromatic carbocycles. The van der Waals surface area contributed by atoms with Crippen molar-refractivity contribution >= 4 is 5.91 Å². The molecule has 18 heavy (non-hydrogen) atoms. The summed E-state index contributed by atoms with van der Waals surface area (Å²) < 4.78 is 0. The third kappa shape index (κ3) is 4.58. The fraction of sp³-hybridized carbons (Fsp3) is 0.929. The van der Waals surface area contributed by atoms with Crippen molar-refractivity contribution in [1.82, 2.24) is 15.5 Å². The van der Waals surface area contributed by atoms with Crippen LogP contribution in [-0.4, -0.2) is 50.1 Å². The number of carbonyl (C=O) groups is 1. The molecule has 1 aliphatic heterocycles. The number of nitrogens with zero attached hydrogens (tertiary/aromatic N) is 1. The lowest BCUT2D eigenvalue weighted by molar-refractivity contribution is -0.121. The Hall–Kier alpha value is -0.610. The van der Waals surface area contributed by atoms with Gasteiger partial charge in [-0.05, 0) is 51.2 Å². The van der Waals surface area contributed by atoms with Crippen LogP contribution in [0, 0.1) is 5.41 Å². The Morgan fingerprint density at radius 3 is 2.61 bits per heavy atom. The molecule has 2 rings (SSSR count). The lowest BCUT2D eigenvalue weighted by Crippen LogP contribution is -2.43. The second kappa shape index (κ2) is 6.02. The van der Waals surface area contributed by atoms with Gasteiger partial charge in [0.2, 0.25) is 5.91 Å². The molecule has 4 nitrogen and oxygen atoms in total. The van der Waals surface area contributed by atoms with Crippen molar-refractivity contribution in [2.45, 2.75) is 45.1 Å². The normalized spacial score (nSPS) is 23.9. The average molecular weight is 253 g/mol. The van der Waals surface area contributed by atoms with Gasteiger partial charge in [-0.3, -0.25) is 4.79 Å². The van der Waals surface area contributed by atoms with Crippen molar-refractivity contribution in [2.75, 3.05) is 33.2 Å². The van der Waals surface area contributed by atoms with Crippen LogP contribution >= 0.6 is 0 Å². The Bertz CT molecular complexity index is 281. The Kier molecular flexibility index (Phi) is 4.62. The van der Waals surface area contributed by atoms with E-state index in [1.807, 2.05) is 0 Å². The summed E-state index contributed by atoms with van der Waals surface area (Å²) in [5.41, 5.74) is 0.298. The van der Waals surface area contributed by atoms with E-state index in [2.05, 4.69) is 29.5 Å². The number of piperidine rings is 1. The van der Waals surface area contributed by atoms with Gasteiger partial charge in [-0.2, -0.15) is 0 Å².